The number of benzene rings is 1. The Morgan fingerprint density at radius 2 is 2.00 bits per heavy atom. The SMILES string of the molecule is CCOC[C@]12Cc3cnn(-c4ccc(F)cc4)c3C=C1CCN(S(=O)(=O)c1cnc3c(c1)OCCN3C)C2. The lowest BCUT2D eigenvalue weighted by Gasteiger charge is -2.45. The van der Waals surface area contributed by atoms with Crippen molar-refractivity contribution in [2.75, 3.05) is 51.4 Å². The van der Waals surface area contributed by atoms with Gasteiger partial charge in [-0.2, -0.15) is 9.40 Å². The van der Waals surface area contributed by atoms with Crippen LogP contribution in [-0.2, 0) is 21.2 Å². The molecule has 1 aromatic carbocycles. The summed E-state index contributed by atoms with van der Waals surface area (Å²) in [6.07, 6.45) is 6.51. The molecule has 2 aliphatic heterocycles. The van der Waals surface area contributed by atoms with Crippen molar-refractivity contribution >= 4 is 21.9 Å². The summed E-state index contributed by atoms with van der Waals surface area (Å²) in [6, 6.07) is 7.82. The molecule has 2 aromatic heterocycles. The highest BCUT2D eigenvalue weighted by Crippen LogP contribution is 2.46. The van der Waals surface area contributed by atoms with Crippen LogP contribution in [0.25, 0.3) is 11.8 Å². The molecule has 3 aromatic rings. The van der Waals surface area contributed by atoms with E-state index in [1.54, 1.807) is 22.5 Å². The Labute approximate surface area is 221 Å². The largest absolute Gasteiger partial charge is 0.488 e. The first kappa shape index (κ1) is 25.0. The maximum atomic E-state index is 13.8. The molecule has 0 unspecified atom stereocenters. The van der Waals surface area contributed by atoms with Crippen LogP contribution in [0.5, 0.6) is 5.75 Å². The molecular formula is C27H30FN5O4S. The van der Waals surface area contributed by atoms with Gasteiger partial charge in [-0.05, 0) is 55.7 Å². The number of aromatic nitrogens is 3. The fourth-order valence-electron chi connectivity index (χ4n) is 5.62. The first-order chi connectivity index (χ1) is 18.3. The van der Waals surface area contributed by atoms with E-state index >= 15 is 0 Å². The average molecular weight is 540 g/mol. The number of rotatable bonds is 6. The van der Waals surface area contributed by atoms with Gasteiger partial charge < -0.3 is 14.4 Å². The Hall–Kier alpha value is -3.28. The molecule has 200 valence electrons. The fourth-order valence-corrected chi connectivity index (χ4v) is 7.10. The van der Waals surface area contributed by atoms with Gasteiger partial charge >= 0.3 is 0 Å². The minimum Gasteiger partial charge on any atom is -0.488 e. The van der Waals surface area contributed by atoms with E-state index in [0.29, 0.717) is 63.9 Å². The van der Waals surface area contributed by atoms with Crippen molar-refractivity contribution in [2.24, 2.45) is 5.41 Å². The van der Waals surface area contributed by atoms with Crippen LogP contribution in [0.3, 0.4) is 0 Å². The number of anilines is 1. The van der Waals surface area contributed by atoms with E-state index in [-0.39, 0.29) is 10.7 Å². The van der Waals surface area contributed by atoms with Gasteiger partial charge in [0, 0.05) is 44.4 Å². The maximum Gasteiger partial charge on any atom is 0.244 e. The van der Waals surface area contributed by atoms with E-state index in [1.807, 2.05) is 29.7 Å². The molecule has 0 amide bonds. The Bertz CT molecular complexity index is 1500. The number of fused-ring (bicyclic) bond motifs is 3. The topological polar surface area (TPSA) is 89.8 Å². The van der Waals surface area contributed by atoms with E-state index in [1.165, 1.54) is 18.3 Å². The number of hydrogen-bond acceptors (Lipinski definition) is 7. The Morgan fingerprint density at radius 3 is 2.79 bits per heavy atom. The van der Waals surface area contributed by atoms with Gasteiger partial charge in [0.15, 0.2) is 11.6 Å². The second-order valence-electron chi connectivity index (χ2n) is 10.1. The van der Waals surface area contributed by atoms with Crippen molar-refractivity contribution in [2.45, 2.75) is 24.7 Å². The zero-order valence-electron chi connectivity index (χ0n) is 21.4. The quantitative estimate of drug-likeness (QED) is 0.475. The third-order valence-electron chi connectivity index (χ3n) is 7.66. The number of hydrogen-bond donors (Lipinski definition) is 0. The lowest BCUT2D eigenvalue weighted by molar-refractivity contribution is 0.0477. The molecule has 11 heteroatoms. The zero-order chi connectivity index (χ0) is 26.5. The van der Waals surface area contributed by atoms with Crippen LogP contribution in [0.4, 0.5) is 10.2 Å². The number of sulfonamides is 1. The summed E-state index contributed by atoms with van der Waals surface area (Å²) in [7, 11) is -1.90. The fraction of sp³-hybridized carbons (Fsp3) is 0.407. The summed E-state index contributed by atoms with van der Waals surface area (Å²) in [5.74, 6) is 0.826. The van der Waals surface area contributed by atoms with E-state index in [9.17, 15) is 12.8 Å². The summed E-state index contributed by atoms with van der Waals surface area (Å²) < 4.78 is 56.1. The number of ether oxygens (including phenoxy) is 2. The molecule has 1 atom stereocenters. The van der Waals surface area contributed by atoms with Crippen LogP contribution in [0.15, 0.2) is 53.2 Å². The normalized spacial score (nSPS) is 21.2. The molecule has 1 aliphatic carbocycles. The molecule has 6 rings (SSSR count). The highest BCUT2D eigenvalue weighted by Gasteiger charge is 2.46. The predicted molar refractivity (Wildman–Crippen MR) is 141 cm³/mol. The van der Waals surface area contributed by atoms with Gasteiger partial charge in [0.25, 0.3) is 0 Å². The first-order valence-electron chi connectivity index (χ1n) is 12.8. The Kier molecular flexibility index (Phi) is 6.24. The van der Waals surface area contributed by atoms with Crippen LogP contribution >= 0.6 is 0 Å². The second-order valence-corrected chi connectivity index (χ2v) is 12.0. The molecule has 0 bridgehead atoms. The Balaban J connectivity index is 1.33. The van der Waals surface area contributed by atoms with Gasteiger partial charge in [-0.15, -0.1) is 0 Å². The van der Waals surface area contributed by atoms with Crippen molar-refractivity contribution in [1.82, 2.24) is 19.1 Å². The minimum atomic E-state index is -3.81. The maximum absolute atomic E-state index is 13.8. The van der Waals surface area contributed by atoms with Crippen LogP contribution in [0.1, 0.15) is 24.6 Å². The third-order valence-corrected chi connectivity index (χ3v) is 9.47. The smallest absolute Gasteiger partial charge is 0.244 e. The van der Waals surface area contributed by atoms with E-state index in [4.69, 9.17) is 9.47 Å². The van der Waals surface area contributed by atoms with Crippen LogP contribution in [-0.4, -0.2) is 74.0 Å². The van der Waals surface area contributed by atoms with Crippen LogP contribution in [0.2, 0.25) is 0 Å². The number of piperidine rings is 1. The molecule has 1 saturated heterocycles. The summed E-state index contributed by atoms with van der Waals surface area (Å²) in [4.78, 5) is 6.49. The van der Waals surface area contributed by atoms with Gasteiger partial charge in [0.2, 0.25) is 10.0 Å². The minimum absolute atomic E-state index is 0.131. The van der Waals surface area contributed by atoms with Gasteiger partial charge in [0.05, 0.1) is 30.7 Å². The van der Waals surface area contributed by atoms with Gasteiger partial charge in [0.1, 0.15) is 17.3 Å². The summed E-state index contributed by atoms with van der Waals surface area (Å²) in [5, 5.41) is 4.58. The van der Waals surface area contributed by atoms with Crippen LogP contribution < -0.4 is 9.64 Å². The molecule has 4 heterocycles. The molecule has 38 heavy (non-hydrogen) atoms. The third kappa shape index (κ3) is 4.18. The number of likely N-dealkylation sites (N-methyl/N-ethyl adjacent to an activating group) is 1. The predicted octanol–water partition coefficient (Wildman–Crippen LogP) is 3.29. The number of pyridine rings is 1. The molecule has 0 saturated carbocycles. The van der Waals surface area contributed by atoms with Crippen molar-refractivity contribution in [3.63, 3.8) is 0 Å². The molecule has 0 N–H and O–H groups in total. The standard InChI is InChI=1S/C27H30FN5O4S/c1-3-36-18-27-14-19-15-30-33(22-6-4-21(28)5-7-22)24(19)12-20(27)8-9-32(17-27)38(34,35)23-13-25-26(29-16-23)31(2)10-11-37-25/h4-7,12-13,15-16H,3,8-11,14,17-18H2,1-2H3/t27-/m1/s1. The Morgan fingerprint density at radius 1 is 1.18 bits per heavy atom. The van der Waals surface area contributed by atoms with E-state index in [2.05, 4.69) is 16.2 Å². The highest BCUT2D eigenvalue weighted by atomic mass is 32.2. The summed E-state index contributed by atoms with van der Waals surface area (Å²) in [6.45, 7) is 4.70. The summed E-state index contributed by atoms with van der Waals surface area (Å²) in [5.41, 5.74) is 3.35. The average Bonchev–Trinajstić information content (AvgIpc) is 3.32. The van der Waals surface area contributed by atoms with E-state index in [0.717, 1.165) is 22.5 Å². The van der Waals surface area contributed by atoms with Crippen molar-refractivity contribution in [1.29, 1.82) is 0 Å². The monoisotopic (exact) mass is 539 g/mol. The lowest BCUT2D eigenvalue weighted by Crippen LogP contribution is -2.51. The van der Waals surface area contributed by atoms with Gasteiger partial charge in [-0.3, -0.25) is 0 Å². The first-order valence-corrected chi connectivity index (χ1v) is 14.2. The number of nitrogens with zero attached hydrogens (tertiary/aromatic N) is 5. The zero-order valence-corrected chi connectivity index (χ0v) is 22.2. The molecule has 3 aliphatic rings. The van der Waals surface area contributed by atoms with Crippen molar-refractivity contribution in [3.05, 3.63) is 65.4 Å². The second kappa shape index (κ2) is 9.48. The summed E-state index contributed by atoms with van der Waals surface area (Å²) >= 11 is 0. The van der Waals surface area contributed by atoms with E-state index < -0.39 is 15.4 Å². The highest BCUT2D eigenvalue weighted by molar-refractivity contribution is 7.89. The van der Waals surface area contributed by atoms with Crippen molar-refractivity contribution in [3.8, 4) is 11.4 Å². The number of halogens is 1. The molecule has 9 nitrogen and oxygen atoms in total. The van der Waals surface area contributed by atoms with Crippen molar-refractivity contribution < 1.29 is 22.3 Å². The molecule has 1 fully saturated rings. The molecule has 0 radical (unpaired) electrons. The van der Waals surface area contributed by atoms with Crippen LogP contribution in [0, 0.1) is 11.2 Å². The van der Waals surface area contributed by atoms with Gasteiger partial charge in [-0.1, -0.05) is 5.57 Å². The molecule has 0 spiro atoms. The lowest BCUT2D eigenvalue weighted by atomic mass is 9.69. The van der Waals surface area contributed by atoms with Gasteiger partial charge in [-0.25, -0.2) is 22.5 Å². The molecular weight excluding hydrogens is 509 g/mol.